The van der Waals surface area contributed by atoms with Gasteiger partial charge in [-0.2, -0.15) is 5.10 Å². The predicted octanol–water partition coefficient (Wildman–Crippen LogP) is 3.01. The molecule has 0 aliphatic carbocycles. The van der Waals surface area contributed by atoms with E-state index in [2.05, 4.69) is 10.4 Å². The van der Waals surface area contributed by atoms with Crippen molar-refractivity contribution in [3.63, 3.8) is 0 Å². The SMILES string of the molecule is CCN(CC(=O)Nc1c(Cl)cccc1Cl)C(=O)C(=O)c1c(C)nn(C)c1C. The molecule has 0 bridgehead atoms. The number of benzene rings is 1. The lowest BCUT2D eigenvalue weighted by atomic mass is 10.1. The van der Waals surface area contributed by atoms with Gasteiger partial charge in [0, 0.05) is 19.3 Å². The first-order valence-electron chi connectivity index (χ1n) is 8.25. The number of aryl methyl sites for hydroxylation is 2. The number of aromatic nitrogens is 2. The van der Waals surface area contributed by atoms with E-state index in [0.29, 0.717) is 11.4 Å². The molecule has 9 heteroatoms. The van der Waals surface area contributed by atoms with Crippen LogP contribution in [0.15, 0.2) is 18.2 Å². The van der Waals surface area contributed by atoms with Gasteiger partial charge in [0.15, 0.2) is 0 Å². The van der Waals surface area contributed by atoms with Crippen molar-refractivity contribution in [1.29, 1.82) is 0 Å². The fourth-order valence-electron chi connectivity index (χ4n) is 2.65. The van der Waals surface area contributed by atoms with Crippen molar-refractivity contribution >= 4 is 46.5 Å². The molecule has 0 saturated heterocycles. The van der Waals surface area contributed by atoms with Gasteiger partial charge in [-0.25, -0.2) is 0 Å². The van der Waals surface area contributed by atoms with Crippen molar-refractivity contribution in [2.45, 2.75) is 20.8 Å². The summed E-state index contributed by atoms with van der Waals surface area (Å²) in [6, 6.07) is 4.83. The monoisotopic (exact) mass is 410 g/mol. The Morgan fingerprint density at radius 2 is 1.78 bits per heavy atom. The van der Waals surface area contributed by atoms with E-state index in [9.17, 15) is 14.4 Å². The number of carbonyl (C=O) groups excluding carboxylic acids is 3. The van der Waals surface area contributed by atoms with E-state index >= 15 is 0 Å². The van der Waals surface area contributed by atoms with E-state index in [1.54, 1.807) is 46.0 Å². The zero-order valence-corrected chi connectivity index (χ0v) is 17.0. The number of halogens is 2. The highest BCUT2D eigenvalue weighted by Gasteiger charge is 2.28. The summed E-state index contributed by atoms with van der Waals surface area (Å²) in [5.74, 6) is -1.96. The van der Waals surface area contributed by atoms with Crippen LogP contribution in [-0.4, -0.2) is 45.4 Å². The van der Waals surface area contributed by atoms with Crippen LogP contribution in [0.5, 0.6) is 0 Å². The van der Waals surface area contributed by atoms with E-state index < -0.39 is 17.6 Å². The van der Waals surface area contributed by atoms with Crippen LogP contribution in [0.2, 0.25) is 10.0 Å². The minimum Gasteiger partial charge on any atom is -0.327 e. The number of rotatable bonds is 6. The number of hydrogen-bond donors (Lipinski definition) is 1. The molecule has 0 aliphatic rings. The van der Waals surface area contributed by atoms with Gasteiger partial charge in [0.1, 0.15) is 6.54 Å². The van der Waals surface area contributed by atoms with Crippen molar-refractivity contribution in [3.05, 3.63) is 45.2 Å². The summed E-state index contributed by atoms with van der Waals surface area (Å²) < 4.78 is 1.54. The maximum Gasteiger partial charge on any atom is 0.295 e. The number of likely N-dealkylation sites (N-methyl/N-ethyl adjacent to an activating group) is 1. The maximum absolute atomic E-state index is 12.6. The molecule has 1 aromatic carbocycles. The van der Waals surface area contributed by atoms with Crippen molar-refractivity contribution in [2.24, 2.45) is 7.05 Å². The molecule has 0 atom stereocenters. The number of ketones is 1. The Hall–Kier alpha value is -2.38. The number of anilines is 1. The van der Waals surface area contributed by atoms with Crippen LogP contribution in [0.3, 0.4) is 0 Å². The van der Waals surface area contributed by atoms with Gasteiger partial charge in [0.05, 0.1) is 27.0 Å². The summed E-state index contributed by atoms with van der Waals surface area (Å²) in [6.07, 6.45) is 0. The third-order valence-corrected chi connectivity index (χ3v) is 4.79. The van der Waals surface area contributed by atoms with E-state index in [0.717, 1.165) is 4.90 Å². The van der Waals surface area contributed by atoms with Gasteiger partial charge >= 0.3 is 0 Å². The highest BCUT2D eigenvalue weighted by Crippen LogP contribution is 2.29. The molecule has 1 aromatic heterocycles. The molecule has 0 saturated carbocycles. The normalized spacial score (nSPS) is 10.6. The zero-order valence-electron chi connectivity index (χ0n) is 15.5. The number of nitrogens with zero attached hydrogens (tertiary/aromatic N) is 3. The van der Waals surface area contributed by atoms with Crippen LogP contribution in [0.25, 0.3) is 0 Å². The van der Waals surface area contributed by atoms with E-state index in [1.807, 2.05) is 0 Å². The topological polar surface area (TPSA) is 84.3 Å². The third kappa shape index (κ3) is 4.48. The number of Topliss-reactive ketones (excluding diaryl/α,β-unsaturated/α-hetero) is 1. The molecule has 2 amide bonds. The number of para-hydroxylation sites is 1. The van der Waals surface area contributed by atoms with Gasteiger partial charge in [-0.1, -0.05) is 29.3 Å². The number of carbonyl (C=O) groups is 3. The minimum absolute atomic E-state index is 0.187. The van der Waals surface area contributed by atoms with Crippen molar-refractivity contribution in [1.82, 2.24) is 14.7 Å². The lowest BCUT2D eigenvalue weighted by Crippen LogP contribution is -2.41. The van der Waals surface area contributed by atoms with Crippen LogP contribution in [0.1, 0.15) is 28.7 Å². The number of amides is 2. The molecule has 0 spiro atoms. The minimum atomic E-state index is -0.767. The Balaban J connectivity index is 2.15. The first-order chi connectivity index (χ1) is 12.7. The Bertz CT molecular complexity index is 888. The summed E-state index contributed by atoms with van der Waals surface area (Å²) in [6.45, 7) is 4.94. The molecule has 27 heavy (non-hydrogen) atoms. The third-order valence-electron chi connectivity index (χ3n) is 4.16. The molecule has 7 nitrogen and oxygen atoms in total. The lowest BCUT2D eigenvalue weighted by molar-refractivity contribution is -0.130. The van der Waals surface area contributed by atoms with Gasteiger partial charge in [0.25, 0.3) is 11.7 Å². The largest absolute Gasteiger partial charge is 0.327 e. The molecule has 0 aliphatic heterocycles. The summed E-state index contributed by atoms with van der Waals surface area (Å²) in [7, 11) is 1.70. The first-order valence-corrected chi connectivity index (χ1v) is 9.00. The van der Waals surface area contributed by atoms with Crippen molar-refractivity contribution < 1.29 is 14.4 Å². The Labute approximate surface area is 167 Å². The predicted molar refractivity (Wildman–Crippen MR) is 104 cm³/mol. The summed E-state index contributed by atoms with van der Waals surface area (Å²) >= 11 is 12.1. The molecular formula is C18H20Cl2N4O3. The highest BCUT2D eigenvalue weighted by molar-refractivity contribution is 6.43. The second kappa shape index (κ2) is 8.54. The van der Waals surface area contributed by atoms with Crippen LogP contribution in [0, 0.1) is 13.8 Å². The van der Waals surface area contributed by atoms with E-state index in [-0.39, 0.29) is 34.4 Å². The smallest absolute Gasteiger partial charge is 0.295 e. The fourth-order valence-corrected chi connectivity index (χ4v) is 3.14. The Morgan fingerprint density at radius 3 is 2.26 bits per heavy atom. The van der Waals surface area contributed by atoms with Crippen LogP contribution >= 0.6 is 23.2 Å². The average Bonchev–Trinajstić information content (AvgIpc) is 2.87. The summed E-state index contributed by atoms with van der Waals surface area (Å²) in [4.78, 5) is 38.7. The zero-order chi connectivity index (χ0) is 20.3. The average molecular weight is 411 g/mol. The van der Waals surface area contributed by atoms with Gasteiger partial charge in [-0.15, -0.1) is 0 Å². The van der Waals surface area contributed by atoms with Crippen molar-refractivity contribution in [2.75, 3.05) is 18.4 Å². The van der Waals surface area contributed by atoms with Gasteiger partial charge in [-0.3, -0.25) is 19.1 Å². The number of nitrogens with one attached hydrogen (secondary N) is 1. The van der Waals surface area contributed by atoms with Crippen LogP contribution in [0.4, 0.5) is 5.69 Å². The molecule has 144 valence electrons. The van der Waals surface area contributed by atoms with E-state index in [4.69, 9.17) is 23.2 Å². The molecule has 1 N–H and O–H groups in total. The van der Waals surface area contributed by atoms with Crippen molar-refractivity contribution in [3.8, 4) is 0 Å². The summed E-state index contributed by atoms with van der Waals surface area (Å²) in [5.41, 5.74) is 1.58. The standard InChI is InChI=1S/C18H20Cl2N4O3/c1-5-24(9-14(25)21-16-12(19)7-6-8-13(16)20)18(27)17(26)15-10(2)22-23(4)11(15)3/h6-8H,5,9H2,1-4H3,(H,21,25). The maximum atomic E-state index is 12.6. The molecule has 0 fully saturated rings. The van der Waals surface area contributed by atoms with Gasteiger partial charge < -0.3 is 10.2 Å². The van der Waals surface area contributed by atoms with E-state index in [1.165, 1.54) is 4.68 Å². The summed E-state index contributed by atoms with van der Waals surface area (Å²) in [5, 5.41) is 7.29. The number of hydrogen-bond acceptors (Lipinski definition) is 4. The molecule has 1 heterocycles. The second-order valence-electron chi connectivity index (χ2n) is 5.96. The van der Waals surface area contributed by atoms with Gasteiger partial charge in [0.2, 0.25) is 5.91 Å². The quantitative estimate of drug-likeness (QED) is 0.585. The molecule has 2 aromatic rings. The molecular weight excluding hydrogens is 391 g/mol. The molecule has 2 rings (SSSR count). The lowest BCUT2D eigenvalue weighted by Gasteiger charge is -2.20. The Kier molecular flexibility index (Phi) is 6.62. The highest BCUT2D eigenvalue weighted by atomic mass is 35.5. The second-order valence-corrected chi connectivity index (χ2v) is 6.78. The van der Waals surface area contributed by atoms with Gasteiger partial charge in [-0.05, 0) is 32.9 Å². The Morgan fingerprint density at radius 1 is 1.19 bits per heavy atom. The molecule has 0 unspecified atom stereocenters. The first kappa shape index (κ1) is 20.9. The van der Waals surface area contributed by atoms with Crippen LogP contribution < -0.4 is 5.32 Å². The molecule has 0 radical (unpaired) electrons. The fraction of sp³-hybridized carbons (Fsp3) is 0.333. The van der Waals surface area contributed by atoms with Crippen LogP contribution in [-0.2, 0) is 16.6 Å².